The van der Waals surface area contributed by atoms with Crippen molar-refractivity contribution in [2.24, 2.45) is 0 Å². The monoisotopic (exact) mass is 254 g/mol. The molecule has 1 aromatic carbocycles. The molecule has 1 aliphatic rings. The largest absolute Gasteiger partial charge is 0.313 e. The number of rotatable bonds is 5. The third kappa shape index (κ3) is 3.06. The number of nitrogens with one attached hydrogen (secondary N) is 1. The predicted molar refractivity (Wildman–Crippen MR) is 68.4 cm³/mol. The molecule has 94 valence electrons. The van der Waals surface area contributed by atoms with Crippen LogP contribution in [0.3, 0.4) is 0 Å². The smallest absolute Gasteiger partial charge is 0.214 e. The molecule has 1 aromatic rings. The number of nitrogens with zero attached hydrogens (tertiary/aromatic N) is 1. The van der Waals surface area contributed by atoms with Gasteiger partial charge in [0.15, 0.2) is 0 Å². The second-order valence-electron chi connectivity index (χ2n) is 4.38. The van der Waals surface area contributed by atoms with Crippen molar-refractivity contribution < 1.29 is 8.42 Å². The summed E-state index contributed by atoms with van der Waals surface area (Å²) in [5, 5.41) is 3.08. The van der Waals surface area contributed by atoms with Crippen molar-refractivity contribution in [3.8, 4) is 0 Å². The van der Waals surface area contributed by atoms with Gasteiger partial charge in [-0.15, -0.1) is 0 Å². The molecule has 0 atom stereocenters. The van der Waals surface area contributed by atoms with Crippen LogP contribution in [0.4, 0.5) is 0 Å². The van der Waals surface area contributed by atoms with Gasteiger partial charge >= 0.3 is 0 Å². The van der Waals surface area contributed by atoms with Gasteiger partial charge in [0.1, 0.15) is 0 Å². The molecule has 5 heteroatoms. The molecule has 0 unspecified atom stereocenters. The minimum Gasteiger partial charge on any atom is -0.313 e. The Morgan fingerprint density at radius 1 is 1.29 bits per heavy atom. The van der Waals surface area contributed by atoms with Crippen LogP contribution in [0, 0.1) is 0 Å². The molecule has 1 aliphatic heterocycles. The minimum absolute atomic E-state index is 0.135. The molecule has 4 nitrogen and oxygen atoms in total. The van der Waals surface area contributed by atoms with Gasteiger partial charge in [-0.05, 0) is 12.0 Å². The molecular weight excluding hydrogens is 236 g/mol. The lowest BCUT2D eigenvalue weighted by molar-refractivity contribution is 0.274. The van der Waals surface area contributed by atoms with Crippen molar-refractivity contribution in [3.05, 3.63) is 35.9 Å². The van der Waals surface area contributed by atoms with E-state index in [1.807, 2.05) is 30.3 Å². The van der Waals surface area contributed by atoms with Gasteiger partial charge in [0.05, 0.1) is 5.75 Å². The summed E-state index contributed by atoms with van der Waals surface area (Å²) in [5.41, 5.74) is 1.07. The van der Waals surface area contributed by atoms with Crippen LogP contribution >= 0.6 is 0 Å². The molecule has 0 bridgehead atoms. The van der Waals surface area contributed by atoms with Crippen molar-refractivity contribution in [1.82, 2.24) is 9.62 Å². The Bertz CT molecular complexity index is 455. The molecule has 1 saturated heterocycles. The summed E-state index contributed by atoms with van der Waals surface area (Å²) in [4.78, 5) is 0. The maximum absolute atomic E-state index is 12.0. The average molecular weight is 254 g/mol. The number of sulfonamides is 1. The fraction of sp³-hybridized carbons (Fsp3) is 0.500. The lowest BCUT2D eigenvalue weighted by Crippen LogP contribution is -2.57. The van der Waals surface area contributed by atoms with E-state index in [-0.39, 0.29) is 11.8 Å². The van der Waals surface area contributed by atoms with Crippen LogP contribution in [-0.2, 0) is 16.4 Å². The lowest BCUT2D eigenvalue weighted by Gasteiger charge is -2.34. The van der Waals surface area contributed by atoms with Crippen molar-refractivity contribution in [1.29, 1.82) is 0 Å². The Labute approximate surface area is 103 Å². The number of hydrogen-bond acceptors (Lipinski definition) is 3. The van der Waals surface area contributed by atoms with Gasteiger partial charge in [0, 0.05) is 26.2 Å². The number of likely N-dealkylation sites (N-methyl/N-ethyl adjacent to an activating group) is 1. The fourth-order valence-electron chi connectivity index (χ4n) is 1.79. The molecule has 0 radical (unpaired) electrons. The molecule has 17 heavy (non-hydrogen) atoms. The molecule has 0 aromatic heterocycles. The van der Waals surface area contributed by atoms with E-state index < -0.39 is 10.0 Å². The Morgan fingerprint density at radius 3 is 2.47 bits per heavy atom. The van der Waals surface area contributed by atoms with E-state index in [1.54, 1.807) is 7.05 Å². The van der Waals surface area contributed by atoms with E-state index in [2.05, 4.69) is 5.32 Å². The SMILES string of the molecule is CN(C1CNC1)S(=O)(=O)CCc1ccccc1. The number of benzene rings is 1. The highest BCUT2D eigenvalue weighted by Crippen LogP contribution is 2.10. The van der Waals surface area contributed by atoms with E-state index in [4.69, 9.17) is 0 Å². The zero-order valence-electron chi connectivity index (χ0n) is 9.96. The maximum Gasteiger partial charge on any atom is 0.214 e. The summed E-state index contributed by atoms with van der Waals surface area (Å²) in [6.45, 7) is 1.53. The Morgan fingerprint density at radius 2 is 1.94 bits per heavy atom. The normalized spacial score (nSPS) is 17.1. The zero-order valence-corrected chi connectivity index (χ0v) is 10.8. The summed E-state index contributed by atoms with van der Waals surface area (Å²) >= 11 is 0. The quantitative estimate of drug-likeness (QED) is 0.830. The second kappa shape index (κ2) is 5.16. The van der Waals surface area contributed by atoms with Crippen LogP contribution in [0.15, 0.2) is 30.3 Å². The third-order valence-electron chi connectivity index (χ3n) is 3.20. The summed E-state index contributed by atoms with van der Waals surface area (Å²) < 4.78 is 25.6. The molecule has 0 amide bonds. The van der Waals surface area contributed by atoms with Gasteiger partial charge in [0.25, 0.3) is 0 Å². The molecular formula is C12H18N2O2S. The first-order chi connectivity index (χ1) is 8.09. The van der Waals surface area contributed by atoms with E-state index in [0.717, 1.165) is 18.7 Å². The maximum atomic E-state index is 12.0. The Balaban J connectivity index is 1.93. The van der Waals surface area contributed by atoms with Crippen molar-refractivity contribution in [3.63, 3.8) is 0 Å². The minimum atomic E-state index is -3.13. The average Bonchev–Trinajstić information content (AvgIpc) is 2.26. The van der Waals surface area contributed by atoms with E-state index in [0.29, 0.717) is 6.42 Å². The summed E-state index contributed by atoms with van der Waals surface area (Å²) in [7, 11) is -1.45. The third-order valence-corrected chi connectivity index (χ3v) is 5.10. The molecule has 0 spiro atoms. The van der Waals surface area contributed by atoms with Crippen LogP contribution in [0.5, 0.6) is 0 Å². The standard InChI is InChI=1S/C12H18N2O2S/c1-14(12-9-13-10-12)17(15,16)8-7-11-5-3-2-4-6-11/h2-6,12-13H,7-10H2,1H3. The predicted octanol–water partition coefficient (Wildman–Crippen LogP) is 0.463. The van der Waals surface area contributed by atoms with Gasteiger partial charge in [-0.25, -0.2) is 8.42 Å². The van der Waals surface area contributed by atoms with E-state index in [9.17, 15) is 8.42 Å². The van der Waals surface area contributed by atoms with Gasteiger partial charge in [-0.3, -0.25) is 0 Å². The fourth-order valence-corrected chi connectivity index (χ4v) is 3.18. The van der Waals surface area contributed by atoms with Gasteiger partial charge in [-0.2, -0.15) is 4.31 Å². The highest BCUT2D eigenvalue weighted by Gasteiger charge is 2.29. The summed E-state index contributed by atoms with van der Waals surface area (Å²) in [5.74, 6) is 0.185. The van der Waals surface area contributed by atoms with Crippen LogP contribution in [0.25, 0.3) is 0 Å². The Hall–Kier alpha value is -0.910. The first-order valence-corrected chi connectivity index (χ1v) is 7.41. The van der Waals surface area contributed by atoms with Crippen LogP contribution < -0.4 is 5.32 Å². The Kier molecular flexibility index (Phi) is 3.81. The molecule has 0 saturated carbocycles. The topological polar surface area (TPSA) is 49.4 Å². The molecule has 1 heterocycles. The first-order valence-electron chi connectivity index (χ1n) is 5.80. The highest BCUT2D eigenvalue weighted by atomic mass is 32.2. The van der Waals surface area contributed by atoms with Crippen LogP contribution in [0.1, 0.15) is 5.56 Å². The van der Waals surface area contributed by atoms with Crippen LogP contribution in [0.2, 0.25) is 0 Å². The van der Waals surface area contributed by atoms with Crippen molar-refractivity contribution in [2.45, 2.75) is 12.5 Å². The lowest BCUT2D eigenvalue weighted by atomic mass is 10.2. The van der Waals surface area contributed by atoms with Gasteiger partial charge in [0.2, 0.25) is 10.0 Å². The molecule has 1 fully saturated rings. The molecule has 1 N–H and O–H groups in total. The highest BCUT2D eigenvalue weighted by molar-refractivity contribution is 7.89. The summed E-state index contributed by atoms with van der Waals surface area (Å²) in [6, 6.07) is 9.85. The second-order valence-corrected chi connectivity index (χ2v) is 6.53. The number of hydrogen-bond donors (Lipinski definition) is 1. The van der Waals surface area contributed by atoms with Crippen molar-refractivity contribution >= 4 is 10.0 Å². The summed E-state index contributed by atoms with van der Waals surface area (Å²) in [6.07, 6.45) is 0.577. The van der Waals surface area contributed by atoms with E-state index in [1.165, 1.54) is 4.31 Å². The number of aryl methyl sites for hydroxylation is 1. The van der Waals surface area contributed by atoms with Gasteiger partial charge in [-0.1, -0.05) is 30.3 Å². The van der Waals surface area contributed by atoms with Crippen molar-refractivity contribution in [2.75, 3.05) is 25.9 Å². The molecule has 0 aliphatic carbocycles. The van der Waals surface area contributed by atoms with Crippen LogP contribution in [-0.4, -0.2) is 44.7 Å². The zero-order chi connectivity index (χ0) is 12.3. The van der Waals surface area contributed by atoms with E-state index >= 15 is 0 Å². The molecule has 2 rings (SSSR count). The van der Waals surface area contributed by atoms with Gasteiger partial charge < -0.3 is 5.32 Å². The first kappa shape index (κ1) is 12.5.